The molecule has 6 heteroatoms. The minimum absolute atomic E-state index is 0.488. The van der Waals surface area contributed by atoms with Crippen molar-refractivity contribution in [2.45, 2.75) is 0 Å². The Labute approximate surface area is 326 Å². The average molecular weight is 727 g/mol. The number of rotatable bonds is 4. The molecule has 0 bridgehead atoms. The third-order valence-corrected chi connectivity index (χ3v) is 11.6. The third-order valence-electron chi connectivity index (χ3n) is 11.6. The van der Waals surface area contributed by atoms with Gasteiger partial charge < -0.3 is 13.7 Å². The van der Waals surface area contributed by atoms with E-state index in [1.54, 1.807) is 12.3 Å². The molecule has 0 unspecified atom stereocenters. The third kappa shape index (κ3) is 4.34. The van der Waals surface area contributed by atoms with E-state index in [1.807, 2.05) is 6.20 Å². The van der Waals surface area contributed by atoms with E-state index in [4.69, 9.17) is 9.97 Å². The zero-order valence-corrected chi connectivity index (χ0v) is 30.5. The van der Waals surface area contributed by atoms with Crippen LogP contribution in [-0.4, -0.2) is 23.7 Å². The zero-order valence-electron chi connectivity index (χ0n) is 30.5. The second kappa shape index (κ2) is 12.0. The molecule has 0 saturated carbocycles. The number of pyridine rings is 2. The predicted molar refractivity (Wildman–Crippen MR) is 233 cm³/mol. The molecule has 12 rings (SSSR count). The number of fused-ring (bicyclic) bond motifs is 10. The number of hydrogen-bond donors (Lipinski definition) is 0. The molecule has 0 atom stereocenters. The van der Waals surface area contributed by atoms with E-state index in [2.05, 4.69) is 184 Å². The predicted octanol–water partition coefficient (Wildman–Crippen LogP) is 12.5. The molecule has 0 aliphatic carbocycles. The Bertz CT molecular complexity index is 3550. The van der Waals surface area contributed by atoms with Crippen molar-refractivity contribution >= 4 is 76.5 Å². The number of aromatic nitrogens is 5. The zero-order chi connectivity index (χ0) is 37.6. The molecule has 0 aliphatic rings. The van der Waals surface area contributed by atoms with Crippen LogP contribution in [-0.2, 0) is 0 Å². The van der Waals surface area contributed by atoms with Crippen LogP contribution in [0.4, 0.5) is 0 Å². The molecular formula is C51H30N6. The van der Waals surface area contributed by atoms with E-state index >= 15 is 0 Å². The van der Waals surface area contributed by atoms with E-state index in [-0.39, 0.29) is 0 Å². The summed E-state index contributed by atoms with van der Waals surface area (Å²) in [6, 6.07) is 62.7. The van der Waals surface area contributed by atoms with Gasteiger partial charge in [0.25, 0.3) is 0 Å². The van der Waals surface area contributed by atoms with Crippen LogP contribution in [0, 0.1) is 11.3 Å². The second-order valence-electron chi connectivity index (χ2n) is 14.5. The number of nitriles is 1. The van der Waals surface area contributed by atoms with Gasteiger partial charge in [0.05, 0.1) is 55.6 Å². The summed E-state index contributed by atoms with van der Waals surface area (Å²) in [6.45, 7) is 0. The van der Waals surface area contributed by atoms with Gasteiger partial charge in [0.15, 0.2) is 0 Å². The molecular weight excluding hydrogens is 697 g/mol. The molecule has 0 radical (unpaired) electrons. The lowest BCUT2D eigenvalue weighted by Crippen LogP contribution is -2.08. The fraction of sp³-hybridized carbons (Fsp3) is 0. The summed E-state index contributed by atoms with van der Waals surface area (Å²) in [4.78, 5) is 9.72. The molecule has 0 aliphatic heterocycles. The normalized spacial score (nSPS) is 11.8. The molecule has 264 valence electrons. The van der Waals surface area contributed by atoms with Crippen LogP contribution in [0.15, 0.2) is 182 Å². The standard InChI is InChI=1S/C51H30N6/c52-31-32-26-28-54-49-38(27-29-53-48(32)49)40-30-46-47(39-20-8-13-25-45(39)55(46)33-14-2-1-3-15-33)51(57-43-23-11-6-18-36(43)37-19-7-12-24-44(37)57)50(40)56-41-21-9-4-16-34(41)35-17-5-10-22-42(35)56/h1-30H. The number of benzene rings is 7. The summed E-state index contributed by atoms with van der Waals surface area (Å²) < 4.78 is 7.32. The Balaban J connectivity index is 1.43. The topological polar surface area (TPSA) is 64.4 Å². The van der Waals surface area contributed by atoms with Crippen LogP contribution in [0.3, 0.4) is 0 Å². The summed E-state index contributed by atoms with van der Waals surface area (Å²) in [5.74, 6) is 0. The molecule has 0 fully saturated rings. The Morgan fingerprint density at radius 3 is 1.40 bits per heavy atom. The van der Waals surface area contributed by atoms with Crippen LogP contribution >= 0.6 is 0 Å². The molecule has 57 heavy (non-hydrogen) atoms. The maximum Gasteiger partial charge on any atom is 0.107 e. The minimum Gasteiger partial charge on any atom is -0.309 e. The van der Waals surface area contributed by atoms with Crippen LogP contribution < -0.4 is 0 Å². The van der Waals surface area contributed by atoms with Crippen molar-refractivity contribution in [1.29, 1.82) is 5.26 Å². The van der Waals surface area contributed by atoms with Crippen LogP contribution in [0.5, 0.6) is 0 Å². The summed E-state index contributed by atoms with van der Waals surface area (Å²) in [6.07, 6.45) is 3.53. The summed E-state index contributed by atoms with van der Waals surface area (Å²) in [7, 11) is 0. The van der Waals surface area contributed by atoms with Gasteiger partial charge in [-0.15, -0.1) is 0 Å². The first-order valence-electron chi connectivity index (χ1n) is 19.1. The Hall–Kier alpha value is -8.01. The van der Waals surface area contributed by atoms with Crippen molar-refractivity contribution in [1.82, 2.24) is 23.7 Å². The van der Waals surface area contributed by atoms with Crippen molar-refractivity contribution in [2.75, 3.05) is 0 Å². The summed E-state index contributed by atoms with van der Waals surface area (Å²) in [5, 5.41) is 17.2. The van der Waals surface area contributed by atoms with Crippen molar-refractivity contribution in [3.8, 4) is 34.3 Å². The van der Waals surface area contributed by atoms with Crippen molar-refractivity contribution in [3.63, 3.8) is 0 Å². The fourth-order valence-electron chi connectivity index (χ4n) is 9.28. The fourth-order valence-corrected chi connectivity index (χ4v) is 9.28. The van der Waals surface area contributed by atoms with Gasteiger partial charge in [-0.25, -0.2) is 0 Å². The maximum absolute atomic E-state index is 10.3. The highest BCUT2D eigenvalue weighted by Crippen LogP contribution is 2.49. The monoisotopic (exact) mass is 726 g/mol. The minimum atomic E-state index is 0.488. The van der Waals surface area contributed by atoms with Gasteiger partial charge in [-0.05, 0) is 60.7 Å². The van der Waals surface area contributed by atoms with Crippen molar-refractivity contribution in [2.24, 2.45) is 0 Å². The average Bonchev–Trinajstić information content (AvgIpc) is 3.91. The van der Waals surface area contributed by atoms with E-state index in [0.29, 0.717) is 16.6 Å². The number of hydrogen-bond acceptors (Lipinski definition) is 3. The first kappa shape index (κ1) is 31.4. The molecule has 0 N–H and O–H groups in total. The highest BCUT2D eigenvalue weighted by atomic mass is 15.1. The van der Waals surface area contributed by atoms with E-state index in [1.165, 1.54) is 21.5 Å². The molecule has 12 aromatic rings. The molecule has 5 aromatic heterocycles. The molecule has 0 amide bonds. The lowest BCUT2D eigenvalue weighted by atomic mass is 9.96. The van der Waals surface area contributed by atoms with Crippen molar-refractivity contribution in [3.05, 3.63) is 188 Å². The lowest BCUT2D eigenvalue weighted by Gasteiger charge is -2.23. The van der Waals surface area contributed by atoms with Crippen LogP contribution in [0.1, 0.15) is 5.56 Å². The van der Waals surface area contributed by atoms with Gasteiger partial charge in [0, 0.05) is 61.5 Å². The van der Waals surface area contributed by atoms with Gasteiger partial charge in [-0.3, -0.25) is 9.97 Å². The highest BCUT2D eigenvalue weighted by molar-refractivity contribution is 6.21. The highest BCUT2D eigenvalue weighted by Gasteiger charge is 2.29. The SMILES string of the molecule is N#Cc1ccnc2c(-c3cc4c(c(-n5c6ccccc6c6ccccc65)c3-n3c5ccccc5c5ccccc53)c3ccccc3n4-c3ccccc3)ccnc12. The maximum atomic E-state index is 10.3. The molecule has 6 nitrogen and oxygen atoms in total. The van der Waals surface area contributed by atoms with Gasteiger partial charge >= 0.3 is 0 Å². The first-order chi connectivity index (χ1) is 28.3. The first-order valence-corrected chi connectivity index (χ1v) is 19.1. The van der Waals surface area contributed by atoms with Gasteiger partial charge in [0.2, 0.25) is 0 Å². The number of para-hydroxylation sites is 6. The molecule has 5 heterocycles. The Morgan fingerprint density at radius 2 is 0.842 bits per heavy atom. The van der Waals surface area contributed by atoms with Gasteiger partial charge in [-0.1, -0.05) is 109 Å². The van der Waals surface area contributed by atoms with Crippen LogP contribution in [0.2, 0.25) is 0 Å². The smallest absolute Gasteiger partial charge is 0.107 e. The van der Waals surface area contributed by atoms with E-state index in [9.17, 15) is 5.26 Å². The van der Waals surface area contributed by atoms with E-state index in [0.717, 1.165) is 72.1 Å². The number of nitrogens with zero attached hydrogens (tertiary/aromatic N) is 6. The summed E-state index contributed by atoms with van der Waals surface area (Å²) >= 11 is 0. The lowest BCUT2D eigenvalue weighted by molar-refractivity contribution is 1.11. The molecule has 0 saturated heterocycles. The molecule has 7 aromatic carbocycles. The molecule has 0 spiro atoms. The largest absolute Gasteiger partial charge is 0.309 e. The van der Waals surface area contributed by atoms with Crippen LogP contribution in [0.25, 0.3) is 105 Å². The Morgan fingerprint density at radius 1 is 0.386 bits per heavy atom. The van der Waals surface area contributed by atoms with Gasteiger partial charge in [0.1, 0.15) is 11.6 Å². The second-order valence-corrected chi connectivity index (χ2v) is 14.5. The Kier molecular flexibility index (Phi) is 6.60. The van der Waals surface area contributed by atoms with E-state index < -0.39 is 0 Å². The quantitative estimate of drug-likeness (QED) is 0.181. The van der Waals surface area contributed by atoms with Crippen molar-refractivity contribution < 1.29 is 0 Å². The summed E-state index contributed by atoms with van der Waals surface area (Å²) in [5.41, 5.74) is 13.3. The van der Waals surface area contributed by atoms with Gasteiger partial charge in [-0.2, -0.15) is 5.26 Å².